The number of halogens is 3. The molecule has 0 spiro atoms. The molecule has 0 fully saturated rings. The van der Waals surface area contributed by atoms with Gasteiger partial charge in [-0.3, -0.25) is 0 Å². The van der Waals surface area contributed by atoms with Crippen LogP contribution in [0.5, 0.6) is 0 Å². The van der Waals surface area contributed by atoms with Crippen molar-refractivity contribution < 1.29 is 23.7 Å². The van der Waals surface area contributed by atoms with Gasteiger partial charge in [0.25, 0.3) is 0 Å². The predicted octanol–water partition coefficient (Wildman–Crippen LogP) is 0.221. The number of aliphatic hydroxyl groups is 1. The summed E-state index contributed by atoms with van der Waals surface area (Å²) in [7, 11) is 0. The fraction of sp³-hybridized carbons (Fsp3) is 0.300. The Kier molecular flexibility index (Phi) is 4.55. The molecule has 0 radical (unpaired) electrons. The Morgan fingerprint density at radius 1 is 1.35 bits per heavy atom. The Bertz CT molecular complexity index is 392. The molecule has 0 aliphatic heterocycles. The van der Waals surface area contributed by atoms with Crippen LogP contribution in [0.1, 0.15) is 11.1 Å². The van der Waals surface area contributed by atoms with Crippen molar-refractivity contribution in [3.8, 4) is 0 Å². The van der Waals surface area contributed by atoms with Gasteiger partial charge < -0.3 is 10.8 Å². The molecule has 5 N–H and O–H groups in total. The molecule has 17 heavy (non-hydrogen) atoms. The van der Waals surface area contributed by atoms with Crippen LogP contribution in [-0.2, 0) is 6.18 Å². The van der Waals surface area contributed by atoms with Gasteiger partial charge in [0.2, 0.25) is 5.04 Å². The number of hydrogen-bond acceptors (Lipinski definition) is 3. The zero-order chi connectivity index (χ0) is 13.1. The molecule has 0 heterocycles. The van der Waals surface area contributed by atoms with Crippen molar-refractivity contribution >= 4 is 16.8 Å². The summed E-state index contributed by atoms with van der Waals surface area (Å²) in [4.78, 5) is 0. The topological polar surface area (TPSA) is 71.8 Å². The third-order valence-electron chi connectivity index (χ3n) is 1.96. The smallest absolute Gasteiger partial charge is 0.394 e. The Hall–Kier alpha value is -1.05. The van der Waals surface area contributed by atoms with E-state index in [2.05, 4.69) is 0 Å². The van der Waals surface area contributed by atoms with E-state index in [0.29, 0.717) is 5.56 Å². The van der Waals surface area contributed by atoms with E-state index in [1.54, 1.807) is 0 Å². The highest BCUT2D eigenvalue weighted by atomic mass is 32.2. The first-order valence-electron chi connectivity index (χ1n) is 4.67. The van der Waals surface area contributed by atoms with E-state index in [-0.39, 0.29) is 11.7 Å². The van der Waals surface area contributed by atoms with E-state index in [4.69, 9.17) is 16.2 Å². The molecule has 0 aliphatic carbocycles. The van der Waals surface area contributed by atoms with E-state index in [9.17, 15) is 13.2 Å². The van der Waals surface area contributed by atoms with Gasteiger partial charge in [-0.25, -0.2) is 5.41 Å². The molecule has 1 atom stereocenters. The quantitative estimate of drug-likeness (QED) is 0.416. The predicted molar refractivity (Wildman–Crippen MR) is 60.1 cm³/mol. The molecule has 1 aromatic carbocycles. The van der Waals surface area contributed by atoms with Crippen LogP contribution in [0.3, 0.4) is 0 Å². The van der Waals surface area contributed by atoms with Crippen molar-refractivity contribution in [1.82, 2.24) is 0 Å². The van der Waals surface area contributed by atoms with Crippen molar-refractivity contribution in [2.24, 2.45) is 5.73 Å². The lowest BCUT2D eigenvalue weighted by atomic mass is 10.1. The SMILES string of the molecule is NC(CO)SC(=[NH2+])c1ccc(C(F)(F)F)cc1. The maximum atomic E-state index is 12.3. The van der Waals surface area contributed by atoms with Gasteiger partial charge >= 0.3 is 6.18 Å². The third-order valence-corrected chi connectivity index (χ3v) is 2.90. The van der Waals surface area contributed by atoms with E-state index in [0.717, 1.165) is 23.9 Å². The summed E-state index contributed by atoms with van der Waals surface area (Å²) < 4.78 is 36.9. The van der Waals surface area contributed by atoms with Crippen LogP contribution in [0.4, 0.5) is 13.2 Å². The Balaban J connectivity index is 2.78. The number of aliphatic hydroxyl groups excluding tert-OH is 1. The molecule has 1 unspecified atom stereocenters. The number of alkyl halides is 3. The first-order valence-corrected chi connectivity index (χ1v) is 5.55. The molecule has 1 aromatic rings. The van der Waals surface area contributed by atoms with Gasteiger partial charge in [-0.05, 0) is 36.0 Å². The second kappa shape index (κ2) is 5.52. The Labute approximate surface area is 100 Å². The van der Waals surface area contributed by atoms with Gasteiger partial charge in [0.15, 0.2) is 0 Å². The molecule has 0 amide bonds. The zero-order valence-electron chi connectivity index (χ0n) is 8.74. The molecule has 0 saturated heterocycles. The summed E-state index contributed by atoms with van der Waals surface area (Å²) in [5.74, 6) is 0. The zero-order valence-corrected chi connectivity index (χ0v) is 9.55. The fourth-order valence-corrected chi connectivity index (χ4v) is 1.76. The number of benzene rings is 1. The van der Waals surface area contributed by atoms with Gasteiger partial charge in [0.05, 0.1) is 23.1 Å². The molecule has 94 valence electrons. The van der Waals surface area contributed by atoms with Gasteiger partial charge in [0, 0.05) is 0 Å². The lowest BCUT2D eigenvalue weighted by Crippen LogP contribution is -2.41. The summed E-state index contributed by atoms with van der Waals surface area (Å²) in [6, 6.07) is 4.45. The third kappa shape index (κ3) is 4.03. The molecular formula is C10H12F3N2OS+. The van der Waals surface area contributed by atoms with Gasteiger partial charge in [-0.2, -0.15) is 13.2 Å². The highest BCUT2D eigenvalue weighted by Crippen LogP contribution is 2.29. The van der Waals surface area contributed by atoms with E-state index >= 15 is 0 Å². The van der Waals surface area contributed by atoms with Crippen LogP contribution in [-0.4, -0.2) is 22.1 Å². The molecule has 0 saturated carbocycles. The molecule has 3 nitrogen and oxygen atoms in total. The average molecular weight is 265 g/mol. The van der Waals surface area contributed by atoms with E-state index in [1.165, 1.54) is 12.1 Å². The van der Waals surface area contributed by atoms with Gasteiger partial charge in [-0.15, -0.1) is 0 Å². The standard InChI is InChI=1S/C10H11F3N2OS/c11-10(12,13)7-3-1-6(2-4-7)9(15)17-8(14)5-16/h1-4,8,15-16H,5,14H2/p+1. The summed E-state index contributed by atoms with van der Waals surface area (Å²) in [5, 5.41) is 14.0. The maximum Gasteiger partial charge on any atom is 0.416 e. The largest absolute Gasteiger partial charge is 0.416 e. The van der Waals surface area contributed by atoms with Crippen molar-refractivity contribution in [2.45, 2.75) is 11.6 Å². The summed E-state index contributed by atoms with van der Waals surface area (Å²) in [5.41, 5.74) is 5.16. The first kappa shape index (κ1) is 14.0. The number of hydrogen-bond donors (Lipinski definition) is 3. The van der Waals surface area contributed by atoms with Crippen LogP contribution in [0.15, 0.2) is 24.3 Å². The number of rotatable bonds is 3. The van der Waals surface area contributed by atoms with Gasteiger partial charge in [-0.1, -0.05) is 0 Å². The van der Waals surface area contributed by atoms with Crippen molar-refractivity contribution in [1.29, 1.82) is 0 Å². The molecule has 7 heteroatoms. The number of thioether (sulfide) groups is 1. The van der Waals surface area contributed by atoms with Crippen molar-refractivity contribution in [3.63, 3.8) is 0 Å². The highest BCUT2D eigenvalue weighted by Gasteiger charge is 2.30. The van der Waals surface area contributed by atoms with Crippen LogP contribution >= 0.6 is 11.8 Å². The van der Waals surface area contributed by atoms with Crippen LogP contribution in [0, 0.1) is 0 Å². The summed E-state index contributed by atoms with van der Waals surface area (Å²) >= 11 is 1.01. The van der Waals surface area contributed by atoms with Crippen molar-refractivity contribution in [3.05, 3.63) is 35.4 Å². The monoisotopic (exact) mass is 265 g/mol. The lowest BCUT2D eigenvalue weighted by molar-refractivity contribution is -0.137. The minimum Gasteiger partial charge on any atom is -0.394 e. The number of nitrogens with two attached hydrogens (primary N) is 2. The molecule has 1 rings (SSSR count). The second-order valence-electron chi connectivity index (χ2n) is 3.28. The molecule has 0 bridgehead atoms. The summed E-state index contributed by atoms with van der Waals surface area (Å²) in [6.07, 6.45) is -4.36. The summed E-state index contributed by atoms with van der Waals surface area (Å²) in [6.45, 7) is -0.258. The minimum atomic E-state index is -4.36. The lowest BCUT2D eigenvalue weighted by Gasteiger charge is -2.08. The molecule has 0 aliphatic rings. The first-order chi connectivity index (χ1) is 7.84. The maximum absolute atomic E-state index is 12.3. The van der Waals surface area contributed by atoms with Gasteiger partial charge in [0.1, 0.15) is 0 Å². The van der Waals surface area contributed by atoms with Crippen LogP contribution in [0.25, 0.3) is 0 Å². The molecular weight excluding hydrogens is 253 g/mol. The minimum absolute atomic E-state index is 0.258. The highest BCUT2D eigenvalue weighted by molar-refractivity contribution is 8.14. The van der Waals surface area contributed by atoms with Crippen LogP contribution < -0.4 is 11.1 Å². The van der Waals surface area contributed by atoms with E-state index < -0.39 is 17.1 Å². The van der Waals surface area contributed by atoms with E-state index in [1.807, 2.05) is 0 Å². The normalized spacial score (nSPS) is 13.5. The van der Waals surface area contributed by atoms with Crippen LogP contribution in [0.2, 0.25) is 0 Å². The Morgan fingerprint density at radius 3 is 2.29 bits per heavy atom. The molecule has 0 aromatic heterocycles. The fourth-order valence-electron chi connectivity index (χ4n) is 1.09. The Morgan fingerprint density at radius 2 is 1.88 bits per heavy atom. The second-order valence-corrected chi connectivity index (χ2v) is 4.56. The van der Waals surface area contributed by atoms with Crippen molar-refractivity contribution in [2.75, 3.05) is 6.61 Å². The average Bonchev–Trinajstić information content (AvgIpc) is 2.27.